The molecule has 5 nitrogen and oxygen atoms in total. The van der Waals surface area contributed by atoms with Gasteiger partial charge in [-0.3, -0.25) is 9.97 Å². The van der Waals surface area contributed by atoms with Crippen LogP contribution in [-0.2, 0) is 11.3 Å². The van der Waals surface area contributed by atoms with Crippen molar-refractivity contribution < 1.29 is 14.6 Å². The van der Waals surface area contributed by atoms with Gasteiger partial charge in [0.2, 0.25) is 0 Å². The lowest BCUT2D eigenvalue weighted by Crippen LogP contribution is -1.99. The fourth-order valence-corrected chi connectivity index (χ4v) is 2.60. The summed E-state index contributed by atoms with van der Waals surface area (Å²) in [4.78, 5) is 19.6. The number of aromatic nitrogens is 2. The van der Waals surface area contributed by atoms with Crippen molar-refractivity contribution in [3.8, 4) is 11.1 Å². The number of rotatable bonds is 4. The van der Waals surface area contributed by atoms with E-state index in [1.807, 2.05) is 30.3 Å². The summed E-state index contributed by atoms with van der Waals surface area (Å²) in [6.45, 7) is 0.454. The third-order valence-electron chi connectivity index (χ3n) is 3.48. The van der Waals surface area contributed by atoms with Crippen LogP contribution in [0.3, 0.4) is 0 Å². The normalized spacial score (nSPS) is 10.9. The van der Waals surface area contributed by atoms with Crippen LogP contribution in [0.25, 0.3) is 22.0 Å². The van der Waals surface area contributed by atoms with Gasteiger partial charge in [0.15, 0.2) is 0 Å². The smallest absolute Gasteiger partial charge is 0.338 e. The minimum absolute atomic E-state index is 0.00937. The molecule has 0 aliphatic carbocycles. The van der Waals surface area contributed by atoms with E-state index in [-0.39, 0.29) is 10.6 Å². The molecule has 2 aromatic heterocycles. The largest absolute Gasteiger partial charge is 0.478 e. The number of benzene rings is 1. The van der Waals surface area contributed by atoms with Crippen LogP contribution in [0.15, 0.2) is 42.7 Å². The molecule has 0 atom stereocenters. The molecular weight excluding hydrogens is 316 g/mol. The van der Waals surface area contributed by atoms with Crippen molar-refractivity contribution in [2.75, 3.05) is 7.11 Å². The molecule has 0 saturated heterocycles. The minimum atomic E-state index is -1.10. The Morgan fingerprint density at radius 2 is 1.96 bits per heavy atom. The van der Waals surface area contributed by atoms with Crippen molar-refractivity contribution in [1.29, 1.82) is 0 Å². The molecule has 0 saturated carbocycles. The van der Waals surface area contributed by atoms with Gasteiger partial charge in [-0.15, -0.1) is 0 Å². The number of nitrogens with zero attached hydrogens (tertiary/aromatic N) is 2. The number of hydrogen-bond donors (Lipinski definition) is 1. The minimum Gasteiger partial charge on any atom is -0.478 e. The summed E-state index contributed by atoms with van der Waals surface area (Å²) in [6.07, 6.45) is 3.02. The zero-order valence-electron chi connectivity index (χ0n) is 12.3. The molecule has 2 heterocycles. The molecular formula is C17H13ClN2O3. The second-order valence-corrected chi connectivity index (χ2v) is 5.37. The van der Waals surface area contributed by atoms with Gasteiger partial charge in [-0.2, -0.15) is 0 Å². The van der Waals surface area contributed by atoms with E-state index in [2.05, 4.69) is 9.97 Å². The standard InChI is InChI=1S/C17H13ClN2O3/c1-23-9-12-4-2-11(7-19-12)10-3-5-15-13(6-10)16(18)14(8-20-15)17(21)22/h2-8H,9H2,1H3,(H,21,22). The van der Waals surface area contributed by atoms with E-state index in [9.17, 15) is 4.79 Å². The molecule has 0 amide bonds. The highest BCUT2D eigenvalue weighted by molar-refractivity contribution is 6.38. The van der Waals surface area contributed by atoms with Gasteiger partial charge < -0.3 is 9.84 Å². The fraction of sp³-hybridized carbons (Fsp3) is 0.118. The molecule has 0 aliphatic rings. The lowest BCUT2D eigenvalue weighted by molar-refractivity contribution is 0.0697. The Bertz CT molecular complexity index is 879. The molecule has 0 fully saturated rings. The molecule has 3 aromatic rings. The Hall–Kier alpha value is -2.50. The van der Waals surface area contributed by atoms with E-state index >= 15 is 0 Å². The maximum atomic E-state index is 11.2. The Balaban J connectivity index is 2.08. The van der Waals surface area contributed by atoms with Gasteiger partial charge in [-0.1, -0.05) is 23.7 Å². The molecule has 6 heteroatoms. The number of pyridine rings is 2. The summed E-state index contributed by atoms with van der Waals surface area (Å²) in [5.41, 5.74) is 3.27. The Labute approximate surface area is 137 Å². The second kappa shape index (κ2) is 6.32. The van der Waals surface area contributed by atoms with Crippen LogP contribution in [0.5, 0.6) is 0 Å². The molecule has 0 unspecified atom stereocenters. The number of fused-ring (bicyclic) bond motifs is 1. The van der Waals surface area contributed by atoms with Gasteiger partial charge in [-0.25, -0.2) is 4.79 Å². The third kappa shape index (κ3) is 3.02. The lowest BCUT2D eigenvalue weighted by atomic mass is 10.0. The summed E-state index contributed by atoms with van der Waals surface area (Å²) in [6, 6.07) is 9.36. The van der Waals surface area contributed by atoms with Crippen LogP contribution in [-0.4, -0.2) is 28.2 Å². The molecule has 116 valence electrons. The van der Waals surface area contributed by atoms with Gasteiger partial charge in [0.1, 0.15) is 0 Å². The van der Waals surface area contributed by atoms with E-state index in [4.69, 9.17) is 21.4 Å². The first-order valence-corrected chi connectivity index (χ1v) is 7.23. The first-order valence-electron chi connectivity index (χ1n) is 6.86. The maximum absolute atomic E-state index is 11.2. The number of methoxy groups -OCH3 is 1. The van der Waals surface area contributed by atoms with Crippen LogP contribution < -0.4 is 0 Å². The lowest BCUT2D eigenvalue weighted by Gasteiger charge is -2.07. The van der Waals surface area contributed by atoms with Gasteiger partial charge in [0, 0.05) is 30.5 Å². The summed E-state index contributed by atoms with van der Waals surface area (Å²) in [5, 5.41) is 9.94. The monoisotopic (exact) mass is 328 g/mol. The number of hydrogen-bond acceptors (Lipinski definition) is 4. The molecule has 1 N–H and O–H groups in total. The SMILES string of the molecule is COCc1ccc(-c2ccc3ncc(C(=O)O)c(Cl)c3c2)cn1. The van der Waals surface area contributed by atoms with E-state index in [1.54, 1.807) is 13.3 Å². The first kappa shape index (κ1) is 15.4. The highest BCUT2D eigenvalue weighted by Gasteiger charge is 2.13. The highest BCUT2D eigenvalue weighted by atomic mass is 35.5. The zero-order valence-corrected chi connectivity index (χ0v) is 13.0. The third-order valence-corrected chi connectivity index (χ3v) is 3.89. The molecule has 0 spiro atoms. The van der Waals surface area contributed by atoms with Crippen molar-refractivity contribution >= 4 is 28.5 Å². The molecule has 3 rings (SSSR count). The maximum Gasteiger partial charge on any atom is 0.338 e. The molecule has 23 heavy (non-hydrogen) atoms. The summed E-state index contributed by atoms with van der Waals surface area (Å²) in [5.74, 6) is -1.10. The fourth-order valence-electron chi connectivity index (χ4n) is 2.32. The highest BCUT2D eigenvalue weighted by Crippen LogP contribution is 2.30. The predicted molar refractivity (Wildman–Crippen MR) is 87.7 cm³/mol. The Morgan fingerprint density at radius 1 is 1.17 bits per heavy atom. The van der Waals surface area contributed by atoms with E-state index in [0.29, 0.717) is 17.5 Å². The average molecular weight is 329 g/mol. The van der Waals surface area contributed by atoms with E-state index < -0.39 is 5.97 Å². The van der Waals surface area contributed by atoms with E-state index in [0.717, 1.165) is 16.8 Å². The zero-order chi connectivity index (χ0) is 16.4. The number of carboxylic acid groups (broad SMARTS) is 1. The van der Waals surface area contributed by atoms with Crippen LogP contribution in [0.2, 0.25) is 5.02 Å². The quantitative estimate of drug-likeness (QED) is 0.788. The number of carbonyl (C=O) groups is 1. The second-order valence-electron chi connectivity index (χ2n) is 4.99. The van der Waals surface area contributed by atoms with Crippen LogP contribution in [0.4, 0.5) is 0 Å². The summed E-state index contributed by atoms with van der Waals surface area (Å²) >= 11 is 6.21. The summed E-state index contributed by atoms with van der Waals surface area (Å²) < 4.78 is 5.04. The average Bonchev–Trinajstić information content (AvgIpc) is 2.56. The van der Waals surface area contributed by atoms with Crippen LogP contribution in [0, 0.1) is 0 Å². The van der Waals surface area contributed by atoms with Gasteiger partial charge in [-0.05, 0) is 23.8 Å². The van der Waals surface area contributed by atoms with Crippen molar-refractivity contribution in [1.82, 2.24) is 9.97 Å². The number of carboxylic acids is 1. The van der Waals surface area contributed by atoms with Crippen molar-refractivity contribution in [2.45, 2.75) is 6.61 Å². The first-order chi connectivity index (χ1) is 11.1. The molecule has 0 bridgehead atoms. The van der Waals surface area contributed by atoms with E-state index in [1.165, 1.54) is 6.20 Å². The van der Waals surface area contributed by atoms with Gasteiger partial charge in [0.05, 0.1) is 28.4 Å². The number of aromatic carboxylic acids is 1. The van der Waals surface area contributed by atoms with Crippen molar-refractivity contribution in [3.63, 3.8) is 0 Å². The van der Waals surface area contributed by atoms with Crippen molar-refractivity contribution in [3.05, 3.63) is 59.0 Å². The molecule has 1 aromatic carbocycles. The topological polar surface area (TPSA) is 72.3 Å². The molecule has 0 aliphatic heterocycles. The Kier molecular flexibility index (Phi) is 4.23. The Morgan fingerprint density at radius 3 is 2.61 bits per heavy atom. The van der Waals surface area contributed by atoms with Crippen molar-refractivity contribution in [2.24, 2.45) is 0 Å². The van der Waals surface area contributed by atoms with Gasteiger partial charge >= 0.3 is 5.97 Å². The van der Waals surface area contributed by atoms with Crippen LogP contribution >= 0.6 is 11.6 Å². The number of halogens is 1. The molecule has 0 radical (unpaired) electrons. The van der Waals surface area contributed by atoms with Gasteiger partial charge in [0.25, 0.3) is 0 Å². The predicted octanol–water partition coefficient (Wildman–Crippen LogP) is 3.79. The van der Waals surface area contributed by atoms with Crippen LogP contribution in [0.1, 0.15) is 16.1 Å². The number of ether oxygens (including phenoxy) is 1. The summed E-state index contributed by atoms with van der Waals surface area (Å²) in [7, 11) is 1.62.